The van der Waals surface area contributed by atoms with E-state index in [1.807, 2.05) is 42.5 Å². The van der Waals surface area contributed by atoms with Crippen molar-refractivity contribution >= 4 is 22.6 Å². The van der Waals surface area contributed by atoms with Crippen LogP contribution in [-0.2, 0) is 11.3 Å². The molecule has 0 bridgehead atoms. The molecule has 3 nitrogen and oxygen atoms in total. The van der Waals surface area contributed by atoms with E-state index in [9.17, 15) is 5.11 Å². The number of hydrogen-bond acceptors (Lipinski definition) is 3. The molecule has 1 N–H and O–H groups in total. The van der Waals surface area contributed by atoms with Crippen LogP contribution in [0.1, 0.15) is 23.0 Å². The van der Waals surface area contributed by atoms with Crippen LogP contribution in [0.5, 0.6) is 0 Å². The van der Waals surface area contributed by atoms with Crippen LogP contribution in [0.2, 0.25) is 5.02 Å². The van der Waals surface area contributed by atoms with Crippen LogP contribution in [0, 0.1) is 0 Å². The van der Waals surface area contributed by atoms with Gasteiger partial charge in [-0.25, -0.2) is 0 Å². The summed E-state index contributed by atoms with van der Waals surface area (Å²) in [5.41, 5.74) is 2.36. The Labute approximate surface area is 127 Å². The van der Waals surface area contributed by atoms with Crippen LogP contribution in [0.4, 0.5) is 0 Å². The van der Waals surface area contributed by atoms with E-state index in [0.29, 0.717) is 23.0 Å². The Morgan fingerprint density at radius 1 is 1.19 bits per heavy atom. The number of ether oxygens (including phenoxy) is 1. The molecule has 21 heavy (non-hydrogen) atoms. The molecule has 0 aliphatic rings. The summed E-state index contributed by atoms with van der Waals surface area (Å²) in [6.45, 7) is 0.506. The van der Waals surface area contributed by atoms with Gasteiger partial charge in [-0.05, 0) is 23.3 Å². The van der Waals surface area contributed by atoms with Gasteiger partial charge in [0.15, 0.2) is 5.58 Å². The van der Waals surface area contributed by atoms with Gasteiger partial charge in [0.1, 0.15) is 11.9 Å². The SMILES string of the molecule is COCc1cccc(C(O)c2cc3cccc(Cl)c3o2)c1. The van der Waals surface area contributed by atoms with Crippen LogP contribution >= 0.6 is 11.6 Å². The number of benzene rings is 2. The van der Waals surface area contributed by atoms with Gasteiger partial charge in [-0.1, -0.05) is 48.0 Å². The Hall–Kier alpha value is -1.81. The summed E-state index contributed by atoms with van der Waals surface area (Å²) >= 11 is 6.10. The number of methoxy groups -OCH3 is 1. The van der Waals surface area contributed by atoms with Crippen molar-refractivity contribution in [3.05, 3.63) is 70.4 Å². The molecule has 0 spiro atoms. The zero-order chi connectivity index (χ0) is 14.8. The summed E-state index contributed by atoms with van der Waals surface area (Å²) in [5, 5.41) is 11.9. The highest BCUT2D eigenvalue weighted by molar-refractivity contribution is 6.34. The number of furan rings is 1. The normalized spacial score (nSPS) is 12.7. The first-order chi connectivity index (χ1) is 10.2. The molecule has 0 saturated carbocycles. The third kappa shape index (κ3) is 2.81. The minimum absolute atomic E-state index is 0.479. The molecule has 1 aromatic heterocycles. The summed E-state index contributed by atoms with van der Waals surface area (Å²) in [6.07, 6.45) is -0.828. The van der Waals surface area contributed by atoms with Gasteiger partial charge in [0.25, 0.3) is 0 Å². The fourth-order valence-electron chi connectivity index (χ4n) is 2.37. The monoisotopic (exact) mass is 302 g/mol. The lowest BCUT2D eigenvalue weighted by Crippen LogP contribution is -1.99. The van der Waals surface area contributed by atoms with Crippen LogP contribution in [-0.4, -0.2) is 12.2 Å². The molecule has 0 saturated heterocycles. The van der Waals surface area contributed by atoms with E-state index in [-0.39, 0.29) is 0 Å². The Morgan fingerprint density at radius 3 is 2.76 bits per heavy atom. The highest BCUT2D eigenvalue weighted by Gasteiger charge is 2.17. The molecule has 108 valence electrons. The molecule has 3 aromatic rings. The first-order valence-corrected chi connectivity index (χ1v) is 7.00. The molecule has 1 unspecified atom stereocenters. The minimum atomic E-state index is -0.828. The average Bonchev–Trinajstić information content (AvgIpc) is 2.93. The topological polar surface area (TPSA) is 42.6 Å². The number of aliphatic hydroxyl groups excluding tert-OH is 1. The first kappa shape index (κ1) is 14.1. The second kappa shape index (κ2) is 5.90. The summed E-state index contributed by atoms with van der Waals surface area (Å²) in [4.78, 5) is 0. The number of aliphatic hydroxyl groups is 1. The maximum atomic E-state index is 10.5. The Morgan fingerprint density at radius 2 is 2.00 bits per heavy atom. The van der Waals surface area contributed by atoms with Crippen molar-refractivity contribution in [2.45, 2.75) is 12.7 Å². The van der Waals surface area contributed by atoms with E-state index in [2.05, 4.69) is 0 Å². The van der Waals surface area contributed by atoms with Crippen LogP contribution in [0.25, 0.3) is 11.0 Å². The van der Waals surface area contributed by atoms with Crippen molar-refractivity contribution in [1.29, 1.82) is 0 Å². The minimum Gasteiger partial charge on any atom is -0.456 e. The van der Waals surface area contributed by atoms with Crippen molar-refractivity contribution in [2.24, 2.45) is 0 Å². The molecular formula is C17H15ClO3. The fraction of sp³-hybridized carbons (Fsp3) is 0.176. The largest absolute Gasteiger partial charge is 0.456 e. The van der Waals surface area contributed by atoms with Crippen LogP contribution in [0.3, 0.4) is 0 Å². The quantitative estimate of drug-likeness (QED) is 0.780. The van der Waals surface area contributed by atoms with Gasteiger partial charge >= 0.3 is 0 Å². The Kier molecular flexibility index (Phi) is 3.97. The number of hydrogen-bond donors (Lipinski definition) is 1. The molecule has 3 rings (SSSR count). The van der Waals surface area contributed by atoms with Crippen LogP contribution < -0.4 is 0 Å². The van der Waals surface area contributed by atoms with Gasteiger partial charge in [-0.3, -0.25) is 0 Å². The lowest BCUT2D eigenvalue weighted by molar-refractivity contribution is 0.182. The number of fused-ring (bicyclic) bond motifs is 1. The smallest absolute Gasteiger partial charge is 0.153 e. The molecule has 0 radical (unpaired) electrons. The highest BCUT2D eigenvalue weighted by Crippen LogP contribution is 2.32. The zero-order valence-electron chi connectivity index (χ0n) is 11.5. The summed E-state index contributed by atoms with van der Waals surface area (Å²) in [6, 6.07) is 15.0. The van der Waals surface area contributed by atoms with Gasteiger partial charge in [0, 0.05) is 12.5 Å². The lowest BCUT2D eigenvalue weighted by atomic mass is 10.0. The summed E-state index contributed by atoms with van der Waals surface area (Å²) in [7, 11) is 1.64. The molecule has 0 amide bonds. The number of halogens is 1. The molecule has 0 aliphatic heterocycles. The third-order valence-corrected chi connectivity index (χ3v) is 3.66. The number of para-hydroxylation sites is 1. The Bertz CT molecular complexity index is 764. The molecular weight excluding hydrogens is 288 g/mol. The van der Waals surface area contributed by atoms with Crippen molar-refractivity contribution in [2.75, 3.05) is 7.11 Å². The molecule has 0 fully saturated rings. The van der Waals surface area contributed by atoms with Gasteiger partial charge < -0.3 is 14.3 Å². The molecule has 0 aliphatic carbocycles. The van der Waals surface area contributed by atoms with Crippen molar-refractivity contribution < 1.29 is 14.3 Å². The van der Waals surface area contributed by atoms with Crippen molar-refractivity contribution in [3.63, 3.8) is 0 Å². The van der Waals surface area contributed by atoms with Crippen molar-refractivity contribution in [3.8, 4) is 0 Å². The summed E-state index contributed by atoms with van der Waals surface area (Å²) in [5.74, 6) is 0.479. The molecule has 1 atom stereocenters. The van der Waals surface area contributed by atoms with E-state index in [0.717, 1.165) is 16.5 Å². The Balaban J connectivity index is 1.98. The van der Waals surface area contributed by atoms with Gasteiger partial charge in [-0.15, -0.1) is 0 Å². The zero-order valence-corrected chi connectivity index (χ0v) is 12.3. The predicted molar refractivity (Wildman–Crippen MR) is 82.4 cm³/mol. The van der Waals surface area contributed by atoms with Gasteiger partial charge in [-0.2, -0.15) is 0 Å². The van der Waals surface area contributed by atoms with E-state index in [1.165, 1.54) is 0 Å². The third-order valence-electron chi connectivity index (χ3n) is 3.36. The van der Waals surface area contributed by atoms with E-state index in [1.54, 1.807) is 13.2 Å². The van der Waals surface area contributed by atoms with Gasteiger partial charge in [0.05, 0.1) is 11.6 Å². The summed E-state index contributed by atoms with van der Waals surface area (Å²) < 4.78 is 10.8. The standard InChI is InChI=1S/C17H15ClO3/c1-20-10-11-4-2-5-12(8-11)16(19)15-9-13-6-3-7-14(18)17(13)21-15/h2-9,16,19H,10H2,1H3. The number of rotatable bonds is 4. The van der Waals surface area contributed by atoms with E-state index < -0.39 is 6.10 Å². The second-order valence-corrected chi connectivity index (χ2v) is 5.29. The average molecular weight is 303 g/mol. The van der Waals surface area contributed by atoms with Gasteiger partial charge in [0.2, 0.25) is 0 Å². The van der Waals surface area contributed by atoms with E-state index >= 15 is 0 Å². The highest BCUT2D eigenvalue weighted by atomic mass is 35.5. The first-order valence-electron chi connectivity index (χ1n) is 6.63. The molecule has 2 aromatic carbocycles. The second-order valence-electron chi connectivity index (χ2n) is 4.89. The van der Waals surface area contributed by atoms with Crippen LogP contribution in [0.15, 0.2) is 52.9 Å². The van der Waals surface area contributed by atoms with E-state index in [4.69, 9.17) is 20.8 Å². The maximum absolute atomic E-state index is 10.5. The fourth-order valence-corrected chi connectivity index (χ4v) is 2.59. The molecule has 4 heteroatoms. The lowest BCUT2D eigenvalue weighted by Gasteiger charge is -2.09. The maximum Gasteiger partial charge on any atom is 0.153 e. The molecule has 1 heterocycles. The van der Waals surface area contributed by atoms with Crippen molar-refractivity contribution in [1.82, 2.24) is 0 Å². The predicted octanol–water partition coefficient (Wildman–Crippen LogP) is 4.31.